The van der Waals surface area contributed by atoms with Crippen molar-refractivity contribution in [3.8, 4) is 0 Å². The van der Waals surface area contributed by atoms with Gasteiger partial charge in [-0.05, 0) is 32.6 Å². The van der Waals surface area contributed by atoms with Crippen LogP contribution in [0.2, 0.25) is 0 Å². The molecule has 3 fully saturated rings. The van der Waals surface area contributed by atoms with Crippen molar-refractivity contribution in [2.24, 2.45) is 5.92 Å². The standard InChI is InChI=1S/C14H26N2O2/c1-11-7-15-14(2,12-3-4-12)10-16(11)8-13-9-17-5-6-18-13/h11-13,15H,3-10H2,1-2H3. The molecule has 0 spiro atoms. The van der Waals surface area contributed by atoms with Gasteiger partial charge in [-0.15, -0.1) is 0 Å². The summed E-state index contributed by atoms with van der Waals surface area (Å²) < 4.78 is 11.3. The molecule has 1 saturated carbocycles. The van der Waals surface area contributed by atoms with Crippen molar-refractivity contribution in [1.82, 2.24) is 10.2 Å². The monoisotopic (exact) mass is 254 g/mol. The Morgan fingerprint density at radius 3 is 2.83 bits per heavy atom. The van der Waals surface area contributed by atoms with Gasteiger partial charge in [0.25, 0.3) is 0 Å². The second-order valence-corrected chi connectivity index (χ2v) is 6.42. The zero-order valence-electron chi connectivity index (χ0n) is 11.7. The van der Waals surface area contributed by atoms with Crippen molar-refractivity contribution in [1.29, 1.82) is 0 Å². The molecule has 1 aliphatic carbocycles. The molecule has 0 aromatic rings. The van der Waals surface area contributed by atoms with E-state index < -0.39 is 0 Å². The first-order valence-electron chi connectivity index (χ1n) is 7.36. The largest absolute Gasteiger partial charge is 0.376 e. The molecule has 4 nitrogen and oxygen atoms in total. The van der Waals surface area contributed by atoms with Crippen molar-refractivity contribution in [2.45, 2.75) is 44.4 Å². The van der Waals surface area contributed by atoms with Crippen molar-refractivity contribution in [3.05, 3.63) is 0 Å². The molecular formula is C14H26N2O2. The van der Waals surface area contributed by atoms with Crippen LogP contribution in [0.4, 0.5) is 0 Å². The summed E-state index contributed by atoms with van der Waals surface area (Å²) in [7, 11) is 0. The van der Waals surface area contributed by atoms with Gasteiger partial charge in [-0.2, -0.15) is 0 Å². The van der Waals surface area contributed by atoms with Gasteiger partial charge in [-0.25, -0.2) is 0 Å². The summed E-state index contributed by atoms with van der Waals surface area (Å²) >= 11 is 0. The van der Waals surface area contributed by atoms with Gasteiger partial charge in [-0.3, -0.25) is 4.90 Å². The smallest absolute Gasteiger partial charge is 0.0936 e. The number of rotatable bonds is 3. The van der Waals surface area contributed by atoms with Gasteiger partial charge in [0.15, 0.2) is 0 Å². The molecule has 0 amide bonds. The molecule has 1 N–H and O–H groups in total. The number of hydrogen-bond acceptors (Lipinski definition) is 4. The van der Waals surface area contributed by atoms with E-state index in [9.17, 15) is 0 Å². The summed E-state index contributed by atoms with van der Waals surface area (Å²) in [5.41, 5.74) is 0.321. The van der Waals surface area contributed by atoms with E-state index in [2.05, 4.69) is 24.1 Å². The fourth-order valence-electron chi connectivity index (χ4n) is 3.29. The van der Waals surface area contributed by atoms with Crippen LogP contribution in [0.25, 0.3) is 0 Å². The van der Waals surface area contributed by atoms with E-state index in [0.717, 1.165) is 45.4 Å². The summed E-state index contributed by atoms with van der Waals surface area (Å²) in [5.74, 6) is 0.885. The van der Waals surface area contributed by atoms with E-state index in [1.165, 1.54) is 12.8 Å². The molecule has 0 bridgehead atoms. The van der Waals surface area contributed by atoms with E-state index in [-0.39, 0.29) is 6.10 Å². The fraction of sp³-hybridized carbons (Fsp3) is 1.00. The summed E-state index contributed by atoms with van der Waals surface area (Å²) in [5, 5.41) is 3.76. The number of ether oxygens (including phenoxy) is 2. The Bertz CT molecular complexity index is 290. The van der Waals surface area contributed by atoms with E-state index in [0.29, 0.717) is 11.6 Å². The molecule has 3 unspecified atom stereocenters. The van der Waals surface area contributed by atoms with Crippen molar-refractivity contribution in [2.75, 3.05) is 39.5 Å². The Hall–Kier alpha value is -0.160. The highest BCUT2D eigenvalue weighted by molar-refractivity contribution is 5.03. The van der Waals surface area contributed by atoms with Crippen molar-refractivity contribution < 1.29 is 9.47 Å². The molecule has 4 heteroatoms. The third-order valence-corrected chi connectivity index (χ3v) is 4.76. The lowest BCUT2D eigenvalue weighted by atomic mass is 9.91. The van der Waals surface area contributed by atoms with Gasteiger partial charge in [0, 0.05) is 31.2 Å². The second kappa shape index (κ2) is 5.08. The van der Waals surface area contributed by atoms with Crippen LogP contribution in [0.5, 0.6) is 0 Å². The van der Waals surface area contributed by atoms with Gasteiger partial charge in [0.05, 0.1) is 25.9 Å². The molecular weight excluding hydrogens is 228 g/mol. The quantitative estimate of drug-likeness (QED) is 0.810. The maximum absolute atomic E-state index is 5.79. The minimum absolute atomic E-state index is 0.266. The highest BCUT2D eigenvalue weighted by Crippen LogP contribution is 2.41. The van der Waals surface area contributed by atoms with E-state index in [4.69, 9.17) is 9.47 Å². The highest BCUT2D eigenvalue weighted by Gasteiger charge is 2.45. The Morgan fingerprint density at radius 2 is 2.17 bits per heavy atom. The zero-order chi connectivity index (χ0) is 12.6. The van der Waals surface area contributed by atoms with Crippen LogP contribution in [-0.4, -0.2) is 62.0 Å². The first-order valence-corrected chi connectivity index (χ1v) is 7.36. The molecule has 18 heavy (non-hydrogen) atoms. The second-order valence-electron chi connectivity index (χ2n) is 6.42. The molecule has 0 aromatic heterocycles. The normalized spacial score (nSPS) is 43.0. The third kappa shape index (κ3) is 2.72. The van der Waals surface area contributed by atoms with Crippen LogP contribution >= 0.6 is 0 Å². The van der Waals surface area contributed by atoms with E-state index >= 15 is 0 Å². The SMILES string of the molecule is CC1CNC(C)(C2CC2)CN1CC1COCCO1. The summed E-state index contributed by atoms with van der Waals surface area (Å²) in [4.78, 5) is 2.59. The lowest BCUT2D eigenvalue weighted by Crippen LogP contribution is -2.64. The lowest BCUT2D eigenvalue weighted by Gasteiger charge is -2.46. The molecule has 2 heterocycles. The van der Waals surface area contributed by atoms with Gasteiger partial charge in [0.1, 0.15) is 0 Å². The third-order valence-electron chi connectivity index (χ3n) is 4.76. The predicted octanol–water partition coefficient (Wildman–Crippen LogP) is 0.864. The fourth-order valence-corrected chi connectivity index (χ4v) is 3.29. The minimum atomic E-state index is 0.266. The average molecular weight is 254 g/mol. The first-order chi connectivity index (χ1) is 8.67. The summed E-state index contributed by atoms with van der Waals surface area (Å²) in [6.45, 7) is 10.2. The van der Waals surface area contributed by atoms with Crippen molar-refractivity contribution in [3.63, 3.8) is 0 Å². The molecule has 2 aliphatic heterocycles. The Kier molecular flexibility index (Phi) is 3.63. The minimum Gasteiger partial charge on any atom is -0.376 e. The Morgan fingerprint density at radius 1 is 1.33 bits per heavy atom. The van der Waals surface area contributed by atoms with Crippen LogP contribution in [0, 0.1) is 5.92 Å². The zero-order valence-corrected chi connectivity index (χ0v) is 11.7. The molecule has 2 saturated heterocycles. The van der Waals surface area contributed by atoms with Crippen LogP contribution in [0.3, 0.4) is 0 Å². The number of nitrogens with one attached hydrogen (secondary N) is 1. The molecule has 3 atom stereocenters. The average Bonchev–Trinajstić information content (AvgIpc) is 3.20. The number of hydrogen-bond donors (Lipinski definition) is 1. The van der Waals surface area contributed by atoms with Gasteiger partial charge >= 0.3 is 0 Å². The molecule has 0 radical (unpaired) electrons. The number of nitrogens with zero attached hydrogens (tertiary/aromatic N) is 1. The summed E-state index contributed by atoms with van der Waals surface area (Å²) in [6.07, 6.45) is 3.06. The van der Waals surface area contributed by atoms with Gasteiger partial charge in [0.2, 0.25) is 0 Å². The van der Waals surface area contributed by atoms with Gasteiger partial charge in [-0.1, -0.05) is 0 Å². The molecule has 0 aromatic carbocycles. The lowest BCUT2D eigenvalue weighted by molar-refractivity contribution is -0.105. The summed E-state index contributed by atoms with van der Waals surface area (Å²) in [6, 6.07) is 0.599. The molecule has 104 valence electrons. The van der Waals surface area contributed by atoms with E-state index in [1.807, 2.05) is 0 Å². The topological polar surface area (TPSA) is 33.7 Å². The van der Waals surface area contributed by atoms with Crippen LogP contribution in [-0.2, 0) is 9.47 Å². The Balaban J connectivity index is 1.58. The first kappa shape index (κ1) is 12.9. The molecule has 3 rings (SSSR count). The maximum Gasteiger partial charge on any atom is 0.0936 e. The Labute approximate surface area is 110 Å². The number of piperazine rings is 1. The predicted molar refractivity (Wildman–Crippen MR) is 70.7 cm³/mol. The van der Waals surface area contributed by atoms with Gasteiger partial charge < -0.3 is 14.8 Å². The van der Waals surface area contributed by atoms with Crippen LogP contribution in [0.15, 0.2) is 0 Å². The highest BCUT2D eigenvalue weighted by atomic mass is 16.6. The van der Waals surface area contributed by atoms with Crippen molar-refractivity contribution >= 4 is 0 Å². The van der Waals surface area contributed by atoms with E-state index in [1.54, 1.807) is 0 Å². The van der Waals surface area contributed by atoms with Crippen LogP contribution < -0.4 is 5.32 Å². The maximum atomic E-state index is 5.79. The van der Waals surface area contributed by atoms with Crippen LogP contribution in [0.1, 0.15) is 26.7 Å². The molecule has 3 aliphatic rings.